The first-order chi connectivity index (χ1) is 15.4. The Labute approximate surface area is 185 Å². The Morgan fingerprint density at radius 1 is 1.19 bits per heavy atom. The number of amides is 1. The summed E-state index contributed by atoms with van der Waals surface area (Å²) in [4.78, 5) is 21.2. The van der Waals surface area contributed by atoms with E-state index in [2.05, 4.69) is 42.9 Å². The van der Waals surface area contributed by atoms with Gasteiger partial charge in [0.05, 0.1) is 18.1 Å². The molecular formula is C23H25N7O2. The molecule has 9 heteroatoms. The smallest absolute Gasteiger partial charge is 0.407 e. The van der Waals surface area contributed by atoms with E-state index in [9.17, 15) is 4.79 Å². The number of nitrogens with zero attached hydrogens (tertiary/aromatic N) is 4. The van der Waals surface area contributed by atoms with Crippen molar-refractivity contribution in [2.75, 3.05) is 5.32 Å². The van der Waals surface area contributed by atoms with Crippen LogP contribution in [0.2, 0.25) is 0 Å². The van der Waals surface area contributed by atoms with Crippen LogP contribution in [-0.2, 0) is 17.6 Å². The van der Waals surface area contributed by atoms with Gasteiger partial charge in [0, 0.05) is 35.9 Å². The Bertz CT molecular complexity index is 1270. The molecule has 0 saturated carbocycles. The number of carbonyl (C=O) groups excluding carboxylic acids is 1. The fourth-order valence-electron chi connectivity index (χ4n) is 4.02. The van der Waals surface area contributed by atoms with Gasteiger partial charge in [0.15, 0.2) is 11.5 Å². The molecule has 9 nitrogen and oxygen atoms in total. The molecule has 1 atom stereocenters. The van der Waals surface area contributed by atoms with Gasteiger partial charge >= 0.3 is 6.09 Å². The Hall–Kier alpha value is -3.88. The largest absolute Gasteiger partial charge is 0.444 e. The number of nitrogens with one attached hydrogen (secondary N) is 3. The number of ether oxygens (including phenoxy) is 1. The Morgan fingerprint density at radius 3 is 2.81 bits per heavy atom. The van der Waals surface area contributed by atoms with E-state index in [1.165, 1.54) is 11.1 Å². The van der Waals surface area contributed by atoms with Crippen molar-refractivity contribution < 1.29 is 9.53 Å². The molecule has 1 aromatic carbocycles. The zero-order chi connectivity index (χ0) is 22.3. The first kappa shape index (κ1) is 20.0. The minimum absolute atomic E-state index is 0.0291. The second-order valence-corrected chi connectivity index (χ2v) is 8.96. The van der Waals surface area contributed by atoms with Crippen LogP contribution in [0.15, 0.2) is 49.2 Å². The molecule has 0 fully saturated rings. The summed E-state index contributed by atoms with van der Waals surface area (Å²) in [6.45, 7) is 5.58. The van der Waals surface area contributed by atoms with Crippen molar-refractivity contribution >= 4 is 23.2 Å². The Balaban J connectivity index is 1.33. The van der Waals surface area contributed by atoms with E-state index in [0.29, 0.717) is 5.82 Å². The number of hydrogen-bond acceptors (Lipinski definition) is 6. The molecule has 1 unspecified atom stereocenters. The molecule has 1 aliphatic carbocycles. The van der Waals surface area contributed by atoms with Crippen LogP contribution < -0.4 is 10.6 Å². The third-order valence-electron chi connectivity index (χ3n) is 5.34. The van der Waals surface area contributed by atoms with Gasteiger partial charge in [-0.15, -0.1) is 0 Å². The van der Waals surface area contributed by atoms with Crippen LogP contribution in [0.5, 0.6) is 0 Å². The second-order valence-electron chi connectivity index (χ2n) is 8.96. The van der Waals surface area contributed by atoms with Crippen LogP contribution in [0, 0.1) is 0 Å². The zero-order valence-electron chi connectivity index (χ0n) is 18.2. The third kappa shape index (κ3) is 4.01. The topological polar surface area (TPSA) is 109 Å². The van der Waals surface area contributed by atoms with Gasteiger partial charge in [0.1, 0.15) is 5.60 Å². The van der Waals surface area contributed by atoms with Gasteiger partial charge < -0.3 is 15.4 Å². The van der Waals surface area contributed by atoms with Crippen molar-refractivity contribution in [1.29, 1.82) is 0 Å². The molecule has 0 radical (unpaired) electrons. The summed E-state index contributed by atoms with van der Waals surface area (Å²) in [5.74, 6) is 0.670. The third-order valence-corrected chi connectivity index (χ3v) is 5.34. The van der Waals surface area contributed by atoms with Crippen LogP contribution >= 0.6 is 0 Å². The van der Waals surface area contributed by atoms with Crippen molar-refractivity contribution in [3.63, 3.8) is 0 Å². The molecule has 1 aliphatic rings. The molecule has 164 valence electrons. The molecule has 3 N–H and O–H groups in total. The first-order valence-corrected chi connectivity index (χ1v) is 10.6. The molecule has 3 aromatic heterocycles. The van der Waals surface area contributed by atoms with Gasteiger partial charge in [0.2, 0.25) is 0 Å². The zero-order valence-corrected chi connectivity index (χ0v) is 18.2. The number of rotatable bonds is 4. The van der Waals surface area contributed by atoms with Gasteiger partial charge in [0.25, 0.3) is 0 Å². The highest BCUT2D eigenvalue weighted by molar-refractivity contribution is 5.74. The van der Waals surface area contributed by atoms with Crippen molar-refractivity contribution in [3.8, 4) is 11.3 Å². The molecule has 1 amide bonds. The highest BCUT2D eigenvalue weighted by atomic mass is 16.6. The summed E-state index contributed by atoms with van der Waals surface area (Å²) < 4.78 is 7.37. The minimum Gasteiger partial charge on any atom is -0.444 e. The van der Waals surface area contributed by atoms with Crippen molar-refractivity contribution in [3.05, 3.63) is 60.3 Å². The number of carbonyl (C=O) groups is 1. The summed E-state index contributed by atoms with van der Waals surface area (Å²) in [7, 11) is 0. The van der Waals surface area contributed by atoms with Gasteiger partial charge in [-0.3, -0.25) is 9.50 Å². The fourth-order valence-corrected chi connectivity index (χ4v) is 4.02. The van der Waals surface area contributed by atoms with Crippen molar-refractivity contribution in [2.45, 2.75) is 45.3 Å². The number of H-pyrrole nitrogens is 1. The Kier molecular flexibility index (Phi) is 4.80. The van der Waals surface area contributed by atoms with E-state index in [1.807, 2.05) is 49.8 Å². The van der Waals surface area contributed by atoms with Crippen molar-refractivity contribution in [1.82, 2.24) is 29.9 Å². The molecule has 3 heterocycles. The van der Waals surface area contributed by atoms with Gasteiger partial charge in [-0.05, 0) is 56.9 Å². The molecule has 0 aliphatic heterocycles. The number of benzene rings is 1. The highest BCUT2D eigenvalue weighted by Gasteiger charge is 2.25. The molecule has 5 rings (SSSR count). The maximum Gasteiger partial charge on any atom is 0.407 e. The van der Waals surface area contributed by atoms with Gasteiger partial charge in [-0.25, -0.2) is 14.8 Å². The summed E-state index contributed by atoms with van der Waals surface area (Å²) in [5, 5.41) is 13.2. The maximum absolute atomic E-state index is 12.1. The molecule has 0 bridgehead atoms. The lowest BCUT2D eigenvalue weighted by molar-refractivity contribution is 0.0506. The number of imidazole rings is 1. The summed E-state index contributed by atoms with van der Waals surface area (Å²) in [6.07, 6.45) is 10.2. The first-order valence-electron chi connectivity index (χ1n) is 10.6. The van der Waals surface area contributed by atoms with Crippen LogP contribution in [0.25, 0.3) is 16.9 Å². The second kappa shape index (κ2) is 7.67. The summed E-state index contributed by atoms with van der Waals surface area (Å²) in [5.41, 5.74) is 5.46. The number of aromatic amines is 1. The van der Waals surface area contributed by atoms with E-state index in [0.717, 1.165) is 35.4 Å². The van der Waals surface area contributed by atoms with Crippen LogP contribution in [0.3, 0.4) is 0 Å². The standard InChI is InChI=1S/C23H25N7O2/c1-23(2,3)32-22(31)29-18-8-14-4-5-17(9-15(14)10-18)28-20-21-25-13-19(16-11-26-27-12-16)30(21)7-6-24-20/h4-7,9,11-13,18H,8,10H2,1-3H3,(H,24,28)(H,26,27)(H,29,31). The predicted molar refractivity (Wildman–Crippen MR) is 121 cm³/mol. The van der Waals surface area contributed by atoms with Gasteiger partial charge in [-0.1, -0.05) is 6.07 Å². The van der Waals surface area contributed by atoms with Gasteiger partial charge in [-0.2, -0.15) is 5.10 Å². The maximum atomic E-state index is 12.1. The lowest BCUT2D eigenvalue weighted by Crippen LogP contribution is -2.39. The number of fused-ring (bicyclic) bond motifs is 2. The fraction of sp³-hybridized carbons (Fsp3) is 0.304. The number of aromatic nitrogens is 5. The average molecular weight is 432 g/mol. The monoisotopic (exact) mass is 431 g/mol. The summed E-state index contributed by atoms with van der Waals surface area (Å²) in [6, 6.07) is 6.26. The number of hydrogen-bond donors (Lipinski definition) is 3. The van der Waals surface area contributed by atoms with E-state index < -0.39 is 5.60 Å². The van der Waals surface area contributed by atoms with E-state index in [-0.39, 0.29) is 12.1 Å². The molecule has 0 saturated heterocycles. The quantitative estimate of drug-likeness (QED) is 0.453. The average Bonchev–Trinajstić information content (AvgIpc) is 3.45. The Morgan fingerprint density at radius 2 is 2.03 bits per heavy atom. The van der Waals surface area contributed by atoms with E-state index in [4.69, 9.17) is 4.74 Å². The van der Waals surface area contributed by atoms with Crippen molar-refractivity contribution in [2.24, 2.45) is 0 Å². The summed E-state index contributed by atoms with van der Waals surface area (Å²) >= 11 is 0. The molecule has 4 aromatic rings. The van der Waals surface area contributed by atoms with E-state index in [1.54, 1.807) is 12.4 Å². The molecule has 0 spiro atoms. The predicted octanol–water partition coefficient (Wildman–Crippen LogP) is 3.85. The van der Waals surface area contributed by atoms with Crippen LogP contribution in [-0.4, -0.2) is 42.3 Å². The number of anilines is 2. The molecular weight excluding hydrogens is 406 g/mol. The number of alkyl carbamates (subject to hydrolysis) is 1. The van der Waals surface area contributed by atoms with Crippen LogP contribution in [0.4, 0.5) is 16.3 Å². The van der Waals surface area contributed by atoms with E-state index >= 15 is 0 Å². The normalized spacial score (nSPS) is 15.5. The highest BCUT2D eigenvalue weighted by Crippen LogP contribution is 2.29. The molecule has 32 heavy (non-hydrogen) atoms. The lowest BCUT2D eigenvalue weighted by Gasteiger charge is -2.21. The van der Waals surface area contributed by atoms with Crippen LogP contribution in [0.1, 0.15) is 31.9 Å². The SMILES string of the molecule is CC(C)(C)OC(=O)NC1Cc2ccc(Nc3nccn4c(-c5cn[nH]c5)cnc34)cc2C1. The lowest BCUT2D eigenvalue weighted by atomic mass is 10.1. The minimum atomic E-state index is -0.509.